The zero-order chi connectivity index (χ0) is 15.4. The molecule has 1 aromatic heterocycles. The van der Waals surface area contributed by atoms with E-state index in [1.165, 1.54) is 16.0 Å². The van der Waals surface area contributed by atoms with Gasteiger partial charge in [-0.15, -0.1) is 11.3 Å². The Hall–Kier alpha value is -2.10. The molecule has 0 bridgehead atoms. The fourth-order valence-corrected chi connectivity index (χ4v) is 3.44. The molecular formula is C19H20N2S. The number of thiophene rings is 1. The molecule has 3 aromatic rings. The third kappa shape index (κ3) is 3.38. The van der Waals surface area contributed by atoms with E-state index >= 15 is 0 Å². The highest BCUT2D eigenvalue weighted by Crippen LogP contribution is 2.29. The minimum atomic E-state index is 0.152. The quantitative estimate of drug-likeness (QED) is 0.666. The molecule has 1 heterocycles. The zero-order valence-corrected chi connectivity index (χ0v) is 13.4. The van der Waals surface area contributed by atoms with Gasteiger partial charge in [0.25, 0.3) is 0 Å². The number of anilines is 1. The Labute approximate surface area is 135 Å². The Morgan fingerprint density at radius 1 is 0.909 bits per heavy atom. The van der Waals surface area contributed by atoms with Crippen molar-refractivity contribution in [3.05, 3.63) is 88.1 Å². The second-order valence-electron chi connectivity index (χ2n) is 5.42. The van der Waals surface area contributed by atoms with Gasteiger partial charge in [-0.2, -0.15) is 0 Å². The first-order valence-electron chi connectivity index (χ1n) is 7.44. The third-order valence-electron chi connectivity index (χ3n) is 3.79. The molecule has 2 nitrogen and oxygen atoms in total. The molecule has 1 unspecified atom stereocenters. The molecule has 0 aliphatic carbocycles. The van der Waals surface area contributed by atoms with Crippen LogP contribution in [-0.4, -0.2) is 0 Å². The van der Waals surface area contributed by atoms with Crippen molar-refractivity contribution in [3.63, 3.8) is 0 Å². The van der Waals surface area contributed by atoms with E-state index in [0.717, 1.165) is 5.69 Å². The first kappa shape index (κ1) is 14.8. The standard InChI is InChI=1S/C19H20N2S/c1-14(15-7-3-2-4-8-15)21-19(18-11-6-12-22-18)16-9-5-10-17(20)13-16/h2-14,19,21H,20H2,1H3/t14-,19?/m0/s1. The molecule has 3 rings (SSSR count). The maximum Gasteiger partial charge on any atom is 0.0676 e. The van der Waals surface area contributed by atoms with Crippen LogP contribution in [0.3, 0.4) is 0 Å². The molecule has 0 amide bonds. The molecular weight excluding hydrogens is 288 g/mol. The maximum absolute atomic E-state index is 5.97. The van der Waals surface area contributed by atoms with Crippen molar-refractivity contribution >= 4 is 17.0 Å². The second-order valence-corrected chi connectivity index (χ2v) is 6.40. The lowest BCUT2D eigenvalue weighted by Crippen LogP contribution is -2.25. The number of nitrogens with one attached hydrogen (secondary N) is 1. The van der Waals surface area contributed by atoms with Crippen molar-refractivity contribution < 1.29 is 0 Å². The smallest absolute Gasteiger partial charge is 0.0676 e. The third-order valence-corrected chi connectivity index (χ3v) is 4.73. The Morgan fingerprint density at radius 3 is 2.36 bits per heavy atom. The number of nitrogens with two attached hydrogens (primary N) is 1. The lowest BCUT2D eigenvalue weighted by atomic mass is 10.0. The van der Waals surface area contributed by atoms with Gasteiger partial charge in [-0.05, 0) is 41.6 Å². The fraction of sp³-hybridized carbons (Fsp3) is 0.158. The minimum absolute atomic E-state index is 0.152. The fourth-order valence-electron chi connectivity index (χ4n) is 2.62. The highest BCUT2D eigenvalue weighted by Gasteiger charge is 2.18. The van der Waals surface area contributed by atoms with Crippen molar-refractivity contribution in [2.75, 3.05) is 5.73 Å². The normalized spacial score (nSPS) is 13.7. The average Bonchev–Trinajstić information content (AvgIpc) is 3.07. The van der Waals surface area contributed by atoms with Crippen LogP contribution >= 0.6 is 11.3 Å². The predicted octanol–water partition coefficient (Wildman–Crippen LogP) is 4.77. The highest BCUT2D eigenvalue weighted by molar-refractivity contribution is 7.10. The number of hydrogen-bond donors (Lipinski definition) is 2. The number of hydrogen-bond acceptors (Lipinski definition) is 3. The first-order chi connectivity index (χ1) is 10.7. The van der Waals surface area contributed by atoms with Gasteiger partial charge < -0.3 is 5.73 Å². The van der Waals surface area contributed by atoms with Gasteiger partial charge >= 0.3 is 0 Å². The van der Waals surface area contributed by atoms with Crippen LogP contribution in [0.2, 0.25) is 0 Å². The number of rotatable bonds is 5. The van der Waals surface area contributed by atoms with Crippen LogP contribution in [0.25, 0.3) is 0 Å². The molecule has 2 aromatic carbocycles. The van der Waals surface area contributed by atoms with E-state index in [4.69, 9.17) is 5.73 Å². The summed E-state index contributed by atoms with van der Waals surface area (Å²) in [5.41, 5.74) is 9.25. The molecule has 22 heavy (non-hydrogen) atoms. The molecule has 112 valence electrons. The van der Waals surface area contributed by atoms with Gasteiger partial charge in [0.15, 0.2) is 0 Å². The Balaban J connectivity index is 1.90. The summed E-state index contributed by atoms with van der Waals surface area (Å²) in [5.74, 6) is 0. The van der Waals surface area contributed by atoms with Gasteiger partial charge in [0.2, 0.25) is 0 Å². The Bertz CT molecular complexity index is 707. The van der Waals surface area contributed by atoms with E-state index in [9.17, 15) is 0 Å². The SMILES string of the molecule is C[C@H](NC(c1cccc(N)c1)c1cccs1)c1ccccc1. The summed E-state index contributed by atoms with van der Waals surface area (Å²) >= 11 is 1.77. The topological polar surface area (TPSA) is 38.0 Å². The molecule has 0 radical (unpaired) electrons. The predicted molar refractivity (Wildman–Crippen MR) is 95.0 cm³/mol. The molecule has 0 saturated carbocycles. The molecule has 0 spiro atoms. The van der Waals surface area contributed by atoms with Crippen LogP contribution in [0, 0.1) is 0 Å². The average molecular weight is 308 g/mol. The summed E-state index contributed by atoms with van der Waals surface area (Å²) in [5, 5.41) is 5.85. The van der Waals surface area contributed by atoms with Crippen molar-refractivity contribution in [1.82, 2.24) is 5.32 Å². The summed E-state index contributed by atoms with van der Waals surface area (Å²) in [7, 11) is 0. The van der Waals surface area contributed by atoms with E-state index in [-0.39, 0.29) is 12.1 Å². The molecule has 3 N–H and O–H groups in total. The lowest BCUT2D eigenvalue weighted by Gasteiger charge is -2.23. The summed E-state index contributed by atoms with van der Waals surface area (Å²) in [6.45, 7) is 2.20. The minimum Gasteiger partial charge on any atom is -0.399 e. The largest absolute Gasteiger partial charge is 0.399 e. The summed E-state index contributed by atoms with van der Waals surface area (Å²) in [6.07, 6.45) is 0. The van der Waals surface area contributed by atoms with Gasteiger partial charge in [0, 0.05) is 16.6 Å². The monoisotopic (exact) mass is 308 g/mol. The summed E-state index contributed by atoms with van der Waals surface area (Å²) in [4.78, 5) is 1.30. The molecule has 3 heteroatoms. The van der Waals surface area contributed by atoms with Crippen LogP contribution in [0.15, 0.2) is 72.1 Å². The van der Waals surface area contributed by atoms with E-state index in [1.54, 1.807) is 11.3 Å². The van der Waals surface area contributed by atoms with Gasteiger partial charge in [-0.1, -0.05) is 48.5 Å². The Morgan fingerprint density at radius 2 is 1.68 bits per heavy atom. The van der Waals surface area contributed by atoms with Crippen molar-refractivity contribution in [2.45, 2.75) is 19.0 Å². The van der Waals surface area contributed by atoms with E-state index in [1.807, 2.05) is 18.2 Å². The highest BCUT2D eigenvalue weighted by atomic mass is 32.1. The number of benzene rings is 2. The van der Waals surface area contributed by atoms with Crippen LogP contribution in [0.5, 0.6) is 0 Å². The summed E-state index contributed by atoms with van der Waals surface area (Å²) < 4.78 is 0. The van der Waals surface area contributed by atoms with Gasteiger partial charge in [0.1, 0.15) is 0 Å². The molecule has 0 saturated heterocycles. The van der Waals surface area contributed by atoms with E-state index in [2.05, 4.69) is 66.2 Å². The first-order valence-corrected chi connectivity index (χ1v) is 8.32. The van der Waals surface area contributed by atoms with Crippen molar-refractivity contribution in [3.8, 4) is 0 Å². The van der Waals surface area contributed by atoms with Crippen LogP contribution < -0.4 is 11.1 Å². The van der Waals surface area contributed by atoms with Gasteiger partial charge in [0.05, 0.1) is 6.04 Å². The van der Waals surface area contributed by atoms with E-state index in [0.29, 0.717) is 0 Å². The molecule has 0 aliphatic rings. The van der Waals surface area contributed by atoms with Crippen LogP contribution in [0.4, 0.5) is 5.69 Å². The maximum atomic E-state index is 5.97. The summed E-state index contributed by atoms with van der Waals surface area (Å²) in [6, 6.07) is 23.3. The van der Waals surface area contributed by atoms with Crippen LogP contribution in [0.1, 0.15) is 35.0 Å². The van der Waals surface area contributed by atoms with E-state index < -0.39 is 0 Å². The molecule has 0 fully saturated rings. The van der Waals surface area contributed by atoms with Crippen molar-refractivity contribution in [2.24, 2.45) is 0 Å². The van der Waals surface area contributed by atoms with Gasteiger partial charge in [-0.25, -0.2) is 0 Å². The lowest BCUT2D eigenvalue weighted by molar-refractivity contribution is 0.522. The van der Waals surface area contributed by atoms with Gasteiger partial charge in [-0.3, -0.25) is 5.32 Å². The van der Waals surface area contributed by atoms with Crippen molar-refractivity contribution in [1.29, 1.82) is 0 Å². The number of nitrogen functional groups attached to an aromatic ring is 1. The van der Waals surface area contributed by atoms with Crippen LogP contribution in [-0.2, 0) is 0 Å². The zero-order valence-electron chi connectivity index (χ0n) is 12.6. The Kier molecular flexibility index (Phi) is 4.56. The molecule has 2 atom stereocenters. The molecule has 0 aliphatic heterocycles. The second kappa shape index (κ2) is 6.77.